The maximum absolute atomic E-state index is 12.7. The number of carboxylic acid groups (broad SMARTS) is 2. The van der Waals surface area contributed by atoms with Gasteiger partial charge in [0.05, 0.1) is 43.5 Å². The van der Waals surface area contributed by atoms with E-state index in [9.17, 15) is 43.5 Å². The summed E-state index contributed by atoms with van der Waals surface area (Å²) >= 11 is 6.09. The van der Waals surface area contributed by atoms with E-state index in [1.54, 1.807) is 0 Å². The molecule has 0 aliphatic carbocycles. The summed E-state index contributed by atoms with van der Waals surface area (Å²) in [6, 6.07) is -1.13. The van der Waals surface area contributed by atoms with E-state index in [0.717, 1.165) is 0 Å². The van der Waals surface area contributed by atoms with Gasteiger partial charge in [0.1, 0.15) is 6.04 Å². The highest BCUT2D eigenvalue weighted by molar-refractivity contribution is 9.09. The number of amides is 6. The minimum absolute atomic E-state index is 0.0424. The molecule has 7 N–H and O–H groups in total. The number of carboxylic acids is 2. The molecule has 1 atom stereocenters. The van der Waals surface area contributed by atoms with Crippen molar-refractivity contribution in [1.29, 1.82) is 0 Å². The molecule has 0 unspecified atom stereocenters. The van der Waals surface area contributed by atoms with E-state index in [-0.39, 0.29) is 138 Å². The second-order valence-electron chi connectivity index (χ2n) is 10.4. The molecule has 18 nitrogen and oxygen atoms in total. The number of halogens is 2. The maximum atomic E-state index is 12.7. The van der Waals surface area contributed by atoms with Crippen LogP contribution in [0.2, 0.25) is 0 Å². The van der Waals surface area contributed by atoms with E-state index in [0.29, 0.717) is 19.4 Å². The molecule has 0 aromatic heterocycles. The fraction of sp³-hybridized carbons (Fsp3) is 0.724. The van der Waals surface area contributed by atoms with Gasteiger partial charge in [0.2, 0.25) is 35.4 Å². The largest absolute Gasteiger partial charge is 0.481 e. The normalized spacial score (nSPS) is 11.1. The van der Waals surface area contributed by atoms with Crippen LogP contribution in [-0.2, 0) is 47.8 Å². The smallest absolute Gasteiger partial charge is 0.326 e. The van der Waals surface area contributed by atoms with Crippen molar-refractivity contribution < 1.29 is 58.0 Å². The first-order valence-corrected chi connectivity index (χ1v) is 18.0. The Hall–Kier alpha value is -3.36. The van der Waals surface area contributed by atoms with Crippen molar-refractivity contribution in [3.05, 3.63) is 0 Å². The summed E-state index contributed by atoms with van der Waals surface area (Å²) in [5, 5.41) is 31.0. The van der Waals surface area contributed by atoms with Gasteiger partial charge in [-0.2, -0.15) is 0 Å². The topological polar surface area (TPSA) is 259 Å². The summed E-state index contributed by atoms with van der Waals surface area (Å²) in [6.07, 6.45) is 0.367. The highest BCUT2D eigenvalue weighted by Gasteiger charge is 2.20. The summed E-state index contributed by atoms with van der Waals surface area (Å²) < 4.78 is 10.8. The summed E-state index contributed by atoms with van der Waals surface area (Å²) in [5.41, 5.74) is 0. The van der Waals surface area contributed by atoms with Crippen molar-refractivity contribution >= 4 is 79.2 Å². The van der Waals surface area contributed by atoms with Crippen molar-refractivity contribution in [1.82, 2.24) is 31.5 Å². The molecule has 0 aromatic rings. The summed E-state index contributed by atoms with van der Waals surface area (Å²) in [7, 11) is 0. The van der Waals surface area contributed by atoms with E-state index in [2.05, 4.69) is 58.4 Å². The molecule has 0 aliphatic rings. The fourth-order valence-corrected chi connectivity index (χ4v) is 4.26. The average Bonchev–Trinajstić information content (AvgIpc) is 3.07. The van der Waals surface area contributed by atoms with Crippen molar-refractivity contribution in [3.63, 3.8) is 0 Å². The minimum atomic E-state index is -1.22. The molecule has 0 spiro atoms. The number of aliphatic carboxylic acids is 2. The van der Waals surface area contributed by atoms with Crippen LogP contribution in [-0.4, -0.2) is 145 Å². The van der Waals surface area contributed by atoms with Gasteiger partial charge in [-0.1, -0.05) is 31.9 Å². The van der Waals surface area contributed by atoms with Crippen LogP contribution in [0.3, 0.4) is 0 Å². The zero-order chi connectivity index (χ0) is 36.9. The van der Waals surface area contributed by atoms with Gasteiger partial charge in [-0.3, -0.25) is 33.6 Å². The Kier molecular flexibility index (Phi) is 27.5. The van der Waals surface area contributed by atoms with Crippen LogP contribution < -0.4 is 26.6 Å². The predicted molar refractivity (Wildman–Crippen MR) is 182 cm³/mol. The zero-order valence-electron chi connectivity index (χ0n) is 27.4. The second kappa shape index (κ2) is 29.5. The van der Waals surface area contributed by atoms with Crippen molar-refractivity contribution in [2.45, 2.75) is 57.4 Å². The predicted octanol–water partition coefficient (Wildman–Crippen LogP) is -1.12. The number of carbonyl (C=O) groups is 8. The number of hydrogen-bond acceptors (Lipinski definition) is 10. The first-order chi connectivity index (χ1) is 23.4. The highest BCUT2D eigenvalue weighted by atomic mass is 79.9. The lowest BCUT2D eigenvalue weighted by atomic mass is 10.1. The standard InChI is InChI=1S/C29H48Br2N6O12/c30-19-25(41)33-10-13-37(14-11-34-26(42)20-31)27(43)6-4-22(38)35-12-16-49-18-17-48-15-8-23(39)32-9-2-1-3-21(29(46)47)36-24(40)5-7-28(44)45/h21H,1-20H2,(H,32,39)(H,33,41)(H,34,42)(H,35,38)(H,36,40)(H,44,45)(H,46,47)/t21-/m0/s1. The van der Waals surface area contributed by atoms with Gasteiger partial charge in [-0.05, 0) is 19.3 Å². The third-order valence-electron chi connectivity index (χ3n) is 6.42. The van der Waals surface area contributed by atoms with Crippen LogP contribution >= 0.6 is 31.9 Å². The second-order valence-corrected chi connectivity index (χ2v) is 11.5. The molecule has 280 valence electrons. The van der Waals surface area contributed by atoms with Crippen molar-refractivity contribution in [3.8, 4) is 0 Å². The molecule has 0 saturated carbocycles. The molecule has 20 heteroatoms. The number of unbranched alkanes of at least 4 members (excludes halogenated alkanes) is 1. The van der Waals surface area contributed by atoms with Gasteiger partial charge in [-0.25, -0.2) is 4.79 Å². The van der Waals surface area contributed by atoms with Crippen LogP contribution in [0, 0.1) is 0 Å². The van der Waals surface area contributed by atoms with Gasteiger partial charge >= 0.3 is 11.9 Å². The SMILES string of the molecule is O=C(O)CCC(=O)N[C@@H](CCCCNC(=O)CCOCCOCCNC(=O)CCC(=O)N(CCNC(=O)CBr)CCNC(=O)CBr)C(=O)O. The third kappa shape index (κ3) is 27.2. The Balaban J connectivity index is 3.99. The zero-order valence-corrected chi connectivity index (χ0v) is 30.6. The molecule has 49 heavy (non-hydrogen) atoms. The minimum Gasteiger partial charge on any atom is -0.481 e. The van der Waals surface area contributed by atoms with Gasteiger partial charge in [0.15, 0.2) is 0 Å². The summed E-state index contributed by atoms with van der Waals surface area (Å²) in [6.45, 7) is 2.28. The molecule has 0 bridgehead atoms. The molecule has 0 fully saturated rings. The molecule has 0 heterocycles. The Morgan fingerprint density at radius 3 is 1.67 bits per heavy atom. The number of ether oxygens (including phenoxy) is 2. The molecule has 6 amide bonds. The van der Waals surface area contributed by atoms with Crippen LogP contribution in [0.25, 0.3) is 0 Å². The number of carbonyl (C=O) groups excluding carboxylic acids is 6. The Labute approximate surface area is 301 Å². The van der Waals surface area contributed by atoms with Gasteiger partial charge in [0, 0.05) is 65.0 Å². The maximum Gasteiger partial charge on any atom is 0.326 e. The van der Waals surface area contributed by atoms with Crippen LogP contribution in [0.1, 0.15) is 51.4 Å². The lowest BCUT2D eigenvalue weighted by Crippen LogP contribution is -2.43. The van der Waals surface area contributed by atoms with E-state index in [1.165, 1.54) is 4.90 Å². The molecule has 0 aromatic carbocycles. The Morgan fingerprint density at radius 1 is 0.571 bits per heavy atom. The van der Waals surface area contributed by atoms with Crippen LogP contribution in [0.5, 0.6) is 0 Å². The first kappa shape index (κ1) is 45.6. The summed E-state index contributed by atoms with van der Waals surface area (Å²) in [5.74, 6) is -4.34. The van der Waals surface area contributed by atoms with Crippen LogP contribution in [0.15, 0.2) is 0 Å². The van der Waals surface area contributed by atoms with Crippen molar-refractivity contribution in [2.24, 2.45) is 0 Å². The number of rotatable bonds is 30. The van der Waals surface area contributed by atoms with Crippen LogP contribution in [0.4, 0.5) is 0 Å². The molecule has 0 rings (SSSR count). The van der Waals surface area contributed by atoms with E-state index in [1.807, 2.05) is 0 Å². The molecule has 0 aliphatic heterocycles. The fourth-order valence-electron chi connectivity index (χ4n) is 3.87. The lowest BCUT2D eigenvalue weighted by molar-refractivity contribution is -0.142. The first-order valence-electron chi connectivity index (χ1n) is 15.8. The van der Waals surface area contributed by atoms with Gasteiger partial charge in [-0.15, -0.1) is 0 Å². The third-order valence-corrected chi connectivity index (χ3v) is 7.44. The Bertz CT molecular complexity index is 1050. The molecule has 0 saturated heterocycles. The number of hydrogen-bond donors (Lipinski definition) is 7. The lowest BCUT2D eigenvalue weighted by Gasteiger charge is -2.23. The quantitative estimate of drug-likeness (QED) is 0.0336. The molecular formula is C29H48Br2N6O12. The average molecular weight is 833 g/mol. The van der Waals surface area contributed by atoms with E-state index >= 15 is 0 Å². The van der Waals surface area contributed by atoms with Gasteiger partial charge < -0.3 is 51.2 Å². The monoisotopic (exact) mass is 830 g/mol. The molecule has 0 radical (unpaired) electrons. The number of nitrogens with zero attached hydrogens (tertiary/aromatic N) is 1. The number of alkyl halides is 2. The summed E-state index contributed by atoms with van der Waals surface area (Å²) in [4.78, 5) is 94.6. The van der Waals surface area contributed by atoms with Gasteiger partial charge in [0.25, 0.3) is 0 Å². The van der Waals surface area contributed by atoms with E-state index < -0.39 is 23.9 Å². The highest BCUT2D eigenvalue weighted by Crippen LogP contribution is 2.03. The van der Waals surface area contributed by atoms with Crippen molar-refractivity contribution in [2.75, 3.05) is 76.4 Å². The molecular weight excluding hydrogens is 784 g/mol. The number of nitrogens with one attached hydrogen (secondary N) is 5. The van der Waals surface area contributed by atoms with E-state index in [4.69, 9.17) is 14.6 Å². The Morgan fingerprint density at radius 2 is 1.10 bits per heavy atom.